The van der Waals surface area contributed by atoms with E-state index in [0.717, 1.165) is 5.56 Å². The minimum atomic E-state index is -0.350. The number of thioether (sulfide) groups is 1. The zero-order valence-corrected chi connectivity index (χ0v) is 19.3. The molecule has 8 nitrogen and oxygen atoms in total. The molecule has 3 rings (SSSR count). The van der Waals surface area contributed by atoms with Crippen LogP contribution in [0.4, 0.5) is 5.13 Å². The van der Waals surface area contributed by atoms with Crippen LogP contribution in [0, 0.1) is 0 Å². The molecule has 0 aliphatic rings. The molecule has 0 saturated heterocycles. The van der Waals surface area contributed by atoms with Crippen molar-refractivity contribution in [3.05, 3.63) is 59.7 Å². The quantitative estimate of drug-likeness (QED) is 0.248. The Morgan fingerprint density at radius 3 is 2.50 bits per heavy atom. The van der Waals surface area contributed by atoms with Gasteiger partial charge in [0.2, 0.25) is 5.13 Å². The van der Waals surface area contributed by atoms with Crippen molar-refractivity contribution in [1.82, 2.24) is 10.2 Å². The first kappa shape index (κ1) is 23.6. The summed E-state index contributed by atoms with van der Waals surface area (Å²) in [5.74, 6) is 0.497. The SMILES string of the molecule is CCOc1ccc(C(=O)Nc2nnc(SCC(=O)OCc3ccccc3)s2)cc1OCC. The molecule has 32 heavy (non-hydrogen) atoms. The summed E-state index contributed by atoms with van der Waals surface area (Å²) in [5, 5.41) is 11.0. The van der Waals surface area contributed by atoms with Gasteiger partial charge in [-0.3, -0.25) is 14.9 Å². The third kappa shape index (κ3) is 6.96. The molecule has 0 unspecified atom stereocenters. The Labute approximate surface area is 194 Å². The normalized spacial score (nSPS) is 10.4. The fourth-order valence-electron chi connectivity index (χ4n) is 2.58. The van der Waals surface area contributed by atoms with E-state index in [1.54, 1.807) is 18.2 Å². The van der Waals surface area contributed by atoms with Crippen molar-refractivity contribution < 1.29 is 23.8 Å². The smallest absolute Gasteiger partial charge is 0.316 e. The first-order valence-corrected chi connectivity index (χ1v) is 11.8. The molecule has 0 radical (unpaired) electrons. The van der Waals surface area contributed by atoms with Gasteiger partial charge in [0.25, 0.3) is 5.91 Å². The zero-order chi connectivity index (χ0) is 22.8. The van der Waals surface area contributed by atoms with Crippen molar-refractivity contribution in [3.8, 4) is 11.5 Å². The Morgan fingerprint density at radius 1 is 1.00 bits per heavy atom. The van der Waals surface area contributed by atoms with Gasteiger partial charge in [-0.25, -0.2) is 0 Å². The zero-order valence-electron chi connectivity index (χ0n) is 17.7. The van der Waals surface area contributed by atoms with Crippen molar-refractivity contribution in [3.63, 3.8) is 0 Å². The topological polar surface area (TPSA) is 99.6 Å². The van der Waals surface area contributed by atoms with Gasteiger partial charge in [0.05, 0.1) is 19.0 Å². The van der Waals surface area contributed by atoms with E-state index >= 15 is 0 Å². The summed E-state index contributed by atoms with van der Waals surface area (Å²) >= 11 is 2.39. The summed E-state index contributed by atoms with van der Waals surface area (Å²) in [6.45, 7) is 4.92. The minimum absolute atomic E-state index is 0.103. The molecule has 2 aromatic carbocycles. The van der Waals surface area contributed by atoms with Crippen molar-refractivity contribution in [2.24, 2.45) is 0 Å². The molecule has 0 saturated carbocycles. The summed E-state index contributed by atoms with van der Waals surface area (Å²) in [6, 6.07) is 14.4. The van der Waals surface area contributed by atoms with E-state index in [2.05, 4.69) is 15.5 Å². The van der Waals surface area contributed by atoms with E-state index in [-0.39, 0.29) is 24.2 Å². The van der Waals surface area contributed by atoms with E-state index in [0.29, 0.717) is 39.7 Å². The summed E-state index contributed by atoms with van der Waals surface area (Å²) in [4.78, 5) is 24.5. The number of anilines is 1. The number of hydrogen-bond donors (Lipinski definition) is 1. The van der Waals surface area contributed by atoms with Crippen molar-refractivity contribution in [1.29, 1.82) is 0 Å². The van der Waals surface area contributed by atoms with Gasteiger partial charge in [-0.15, -0.1) is 10.2 Å². The highest BCUT2D eigenvalue weighted by Gasteiger charge is 2.15. The molecule has 0 aliphatic heterocycles. The lowest BCUT2D eigenvalue weighted by Crippen LogP contribution is -2.12. The Kier molecular flexibility index (Phi) is 8.88. The van der Waals surface area contributed by atoms with Gasteiger partial charge in [0.15, 0.2) is 15.8 Å². The van der Waals surface area contributed by atoms with Crippen LogP contribution in [-0.2, 0) is 16.1 Å². The number of nitrogens with zero attached hydrogens (tertiary/aromatic N) is 2. The average Bonchev–Trinajstić information content (AvgIpc) is 3.25. The van der Waals surface area contributed by atoms with Crippen LogP contribution >= 0.6 is 23.1 Å². The molecule has 1 amide bonds. The molecule has 0 atom stereocenters. The summed E-state index contributed by atoms with van der Waals surface area (Å²) < 4.78 is 16.9. The van der Waals surface area contributed by atoms with Crippen molar-refractivity contribution in [2.75, 3.05) is 24.3 Å². The molecule has 0 bridgehead atoms. The predicted octanol–water partition coefficient (Wildman–Crippen LogP) is 4.42. The molecule has 0 fully saturated rings. The van der Waals surface area contributed by atoms with Crippen LogP contribution in [-0.4, -0.2) is 41.0 Å². The molecular formula is C22H23N3O5S2. The maximum Gasteiger partial charge on any atom is 0.316 e. The number of hydrogen-bond acceptors (Lipinski definition) is 9. The first-order chi connectivity index (χ1) is 15.6. The third-order valence-electron chi connectivity index (χ3n) is 3.99. The Hall–Kier alpha value is -3.11. The lowest BCUT2D eigenvalue weighted by atomic mass is 10.2. The number of esters is 1. The largest absolute Gasteiger partial charge is 0.490 e. The van der Waals surface area contributed by atoms with E-state index < -0.39 is 0 Å². The Bertz CT molecular complexity index is 1040. The molecule has 10 heteroatoms. The van der Waals surface area contributed by atoms with Gasteiger partial charge in [-0.2, -0.15) is 0 Å². The molecule has 1 aromatic heterocycles. The summed E-state index contributed by atoms with van der Waals surface area (Å²) in [6.07, 6.45) is 0. The van der Waals surface area contributed by atoms with Crippen LogP contribution in [0.5, 0.6) is 11.5 Å². The maximum atomic E-state index is 12.6. The fraction of sp³-hybridized carbons (Fsp3) is 0.273. The number of rotatable bonds is 11. The molecule has 3 aromatic rings. The second-order valence-corrected chi connectivity index (χ2v) is 8.49. The van der Waals surface area contributed by atoms with E-state index in [4.69, 9.17) is 14.2 Å². The number of nitrogens with one attached hydrogen (secondary N) is 1. The second-order valence-electron chi connectivity index (χ2n) is 6.29. The maximum absolute atomic E-state index is 12.6. The monoisotopic (exact) mass is 473 g/mol. The van der Waals surface area contributed by atoms with E-state index in [1.807, 2.05) is 44.2 Å². The Morgan fingerprint density at radius 2 is 1.75 bits per heavy atom. The van der Waals surface area contributed by atoms with Crippen LogP contribution in [0.15, 0.2) is 52.9 Å². The lowest BCUT2D eigenvalue weighted by molar-refractivity contribution is -0.141. The lowest BCUT2D eigenvalue weighted by Gasteiger charge is -2.12. The second kappa shape index (κ2) is 12.1. The van der Waals surface area contributed by atoms with Gasteiger partial charge >= 0.3 is 5.97 Å². The van der Waals surface area contributed by atoms with E-state index in [1.165, 1.54) is 23.1 Å². The first-order valence-electron chi connectivity index (χ1n) is 9.95. The van der Waals surface area contributed by atoms with Gasteiger partial charge in [0.1, 0.15) is 6.61 Å². The summed E-state index contributed by atoms with van der Waals surface area (Å²) in [5.41, 5.74) is 1.33. The number of benzene rings is 2. The van der Waals surface area contributed by atoms with Crippen LogP contribution in [0.3, 0.4) is 0 Å². The van der Waals surface area contributed by atoms with Crippen LogP contribution in [0.2, 0.25) is 0 Å². The number of amides is 1. The molecule has 168 valence electrons. The van der Waals surface area contributed by atoms with Gasteiger partial charge in [-0.05, 0) is 37.6 Å². The molecule has 0 aliphatic carbocycles. The van der Waals surface area contributed by atoms with E-state index in [9.17, 15) is 9.59 Å². The minimum Gasteiger partial charge on any atom is -0.490 e. The van der Waals surface area contributed by atoms with Crippen molar-refractivity contribution >= 4 is 40.1 Å². The highest BCUT2D eigenvalue weighted by molar-refractivity contribution is 8.01. The van der Waals surface area contributed by atoms with Crippen LogP contribution in [0.1, 0.15) is 29.8 Å². The summed E-state index contributed by atoms with van der Waals surface area (Å²) in [7, 11) is 0. The highest BCUT2D eigenvalue weighted by atomic mass is 32.2. The van der Waals surface area contributed by atoms with Crippen LogP contribution < -0.4 is 14.8 Å². The number of carbonyl (C=O) groups is 2. The third-order valence-corrected chi connectivity index (χ3v) is 5.93. The molecule has 1 heterocycles. The van der Waals surface area contributed by atoms with Gasteiger partial charge in [0, 0.05) is 5.56 Å². The van der Waals surface area contributed by atoms with Gasteiger partial charge in [-0.1, -0.05) is 53.4 Å². The fourth-order valence-corrected chi connectivity index (χ4v) is 4.13. The highest BCUT2D eigenvalue weighted by Crippen LogP contribution is 2.30. The Balaban J connectivity index is 1.51. The average molecular weight is 474 g/mol. The molecule has 0 spiro atoms. The van der Waals surface area contributed by atoms with Crippen molar-refractivity contribution in [2.45, 2.75) is 24.8 Å². The number of carbonyl (C=O) groups excluding carboxylic acids is 2. The van der Waals surface area contributed by atoms with Crippen LogP contribution in [0.25, 0.3) is 0 Å². The number of aromatic nitrogens is 2. The van der Waals surface area contributed by atoms with Gasteiger partial charge < -0.3 is 14.2 Å². The number of ether oxygens (including phenoxy) is 3. The standard InChI is InChI=1S/C22H23N3O5S2/c1-3-28-17-11-10-16(12-18(17)29-4-2)20(27)23-21-24-25-22(32-21)31-14-19(26)30-13-15-8-6-5-7-9-15/h5-12H,3-4,13-14H2,1-2H3,(H,23,24,27). The molecule has 1 N–H and O–H groups in total. The predicted molar refractivity (Wildman–Crippen MR) is 124 cm³/mol. The molecular weight excluding hydrogens is 450 g/mol.